The summed E-state index contributed by atoms with van der Waals surface area (Å²) >= 11 is 0. The molecule has 67 heavy (non-hydrogen) atoms. The van der Waals surface area contributed by atoms with E-state index < -0.39 is 5.41 Å². The molecule has 0 saturated carbocycles. The minimum Gasteiger partial charge on any atom is -0.456 e. The molecule has 1 aromatic heterocycles. The molecule has 13 rings (SSSR count). The SMILES string of the molecule is c1ccc(-c2cccc3cccc(-c4ccccc4N(c4ccc5c(c4)C(c4ccccc4)(c4ccccc4)c4ccccc4-5)c4ccccc4-c4cccc5oc6ccccc6c45)c23)cc1. The summed E-state index contributed by atoms with van der Waals surface area (Å²) in [6, 6.07) is 95.2. The molecular weight excluding hydrogens is 811 g/mol. The van der Waals surface area contributed by atoms with Crippen LogP contribution < -0.4 is 4.90 Å². The lowest BCUT2D eigenvalue weighted by Gasteiger charge is -2.35. The molecule has 0 unspecified atom stereocenters. The number of benzene rings is 11. The van der Waals surface area contributed by atoms with Crippen LogP contribution in [0.5, 0.6) is 0 Å². The van der Waals surface area contributed by atoms with Gasteiger partial charge in [0.2, 0.25) is 0 Å². The lowest BCUT2D eigenvalue weighted by Crippen LogP contribution is -2.28. The second-order valence-electron chi connectivity index (χ2n) is 17.5. The summed E-state index contributed by atoms with van der Waals surface area (Å²) in [5.41, 5.74) is 18.8. The van der Waals surface area contributed by atoms with Crippen molar-refractivity contribution in [2.75, 3.05) is 4.90 Å². The van der Waals surface area contributed by atoms with Crippen molar-refractivity contribution in [2.45, 2.75) is 5.41 Å². The minimum atomic E-state index is -0.573. The van der Waals surface area contributed by atoms with Crippen molar-refractivity contribution < 1.29 is 4.42 Å². The zero-order chi connectivity index (χ0) is 44.3. The minimum absolute atomic E-state index is 0.573. The Morgan fingerprint density at radius 2 is 0.806 bits per heavy atom. The normalized spacial score (nSPS) is 12.6. The largest absolute Gasteiger partial charge is 0.456 e. The molecule has 1 aliphatic rings. The fourth-order valence-electron chi connectivity index (χ4n) is 11.2. The molecule has 0 radical (unpaired) electrons. The Kier molecular flexibility index (Phi) is 9.11. The second kappa shape index (κ2) is 15.8. The van der Waals surface area contributed by atoms with Crippen LogP contribution in [0.25, 0.3) is 77.2 Å². The predicted molar refractivity (Wildman–Crippen MR) is 280 cm³/mol. The third-order valence-corrected chi connectivity index (χ3v) is 14.0. The molecule has 0 fully saturated rings. The first-order chi connectivity index (χ1) is 33.3. The average Bonchev–Trinajstić information content (AvgIpc) is 3.93. The van der Waals surface area contributed by atoms with Gasteiger partial charge in [0, 0.05) is 27.6 Å². The molecule has 12 aromatic rings. The zero-order valence-corrected chi connectivity index (χ0v) is 36.7. The molecule has 2 nitrogen and oxygen atoms in total. The quantitative estimate of drug-likeness (QED) is 0.151. The van der Waals surface area contributed by atoms with Gasteiger partial charge < -0.3 is 9.32 Å². The molecule has 1 aliphatic carbocycles. The van der Waals surface area contributed by atoms with E-state index >= 15 is 0 Å². The highest BCUT2D eigenvalue weighted by atomic mass is 16.3. The predicted octanol–water partition coefficient (Wildman–Crippen LogP) is 17.6. The van der Waals surface area contributed by atoms with E-state index in [1.54, 1.807) is 0 Å². The summed E-state index contributed by atoms with van der Waals surface area (Å²) in [4.78, 5) is 2.51. The highest BCUT2D eigenvalue weighted by Gasteiger charge is 2.46. The topological polar surface area (TPSA) is 16.4 Å². The van der Waals surface area contributed by atoms with Crippen molar-refractivity contribution in [2.24, 2.45) is 0 Å². The third kappa shape index (κ3) is 6.04. The van der Waals surface area contributed by atoms with Gasteiger partial charge in [-0.25, -0.2) is 0 Å². The molecule has 0 amide bonds. The van der Waals surface area contributed by atoms with Crippen LogP contribution in [0.1, 0.15) is 22.3 Å². The molecule has 0 bridgehead atoms. The first-order valence-electron chi connectivity index (χ1n) is 23.1. The molecule has 1 heterocycles. The lowest BCUT2D eigenvalue weighted by molar-refractivity contribution is 0.669. The molecule has 314 valence electrons. The average molecular weight is 854 g/mol. The highest BCUT2D eigenvalue weighted by molar-refractivity contribution is 6.14. The fraction of sp³-hybridized carbons (Fsp3) is 0.0154. The van der Waals surface area contributed by atoms with E-state index in [9.17, 15) is 0 Å². The van der Waals surface area contributed by atoms with Gasteiger partial charge in [-0.2, -0.15) is 0 Å². The summed E-state index contributed by atoms with van der Waals surface area (Å²) in [6.07, 6.45) is 0. The summed E-state index contributed by atoms with van der Waals surface area (Å²) in [6.45, 7) is 0. The maximum Gasteiger partial charge on any atom is 0.136 e. The van der Waals surface area contributed by atoms with Crippen molar-refractivity contribution in [1.29, 1.82) is 0 Å². The van der Waals surface area contributed by atoms with Crippen LogP contribution in [0.4, 0.5) is 17.1 Å². The Bertz CT molecular complexity index is 3770. The van der Waals surface area contributed by atoms with E-state index in [0.29, 0.717) is 0 Å². The van der Waals surface area contributed by atoms with E-state index in [4.69, 9.17) is 4.42 Å². The van der Waals surface area contributed by atoms with Gasteiger partial charge in [0.05, 0.1) is 16.8 Å². The fourth-order valence-corrected chi connectivity index (χ4v) is 11.2. The van der Waals surface area contributed by atoms with Crippen LogP contribution in [0.2, 0.25) is 0 Å². The van der Waals surface area contributed by atoms with Crippen LogP contribution in [0, 0.1) is 0 Å². The van der Waals surface area contributed by atoms with Gasteiger partial charge >= 0.3 is 0 Å². The van der Waals surface area contributed by atoms with Gasteiger partial charge in [-0.05, 0) is 103 Å². The van der Waals surface area contributed by atoms with Crippen molar-refractivity contribution in [3.8, 4) is 44.5 Å². The number of para-hydroxylation sites is 3. The van der Waals surface area contributed by atoms with Gasteiger partial charge in [-0.15, -0.1) is 0 Å². The van der Waals surface area contributed by atoms with E-state index in [2.05, 4.69) is 260 Å². The summed E-state index contributed by atoms with van der Waals surface area (Å²) < 4.78 is 6.52. The Morgan fingerprint density at radius 1 is 0.313 bits per heavy atom. The van der Waals surface area contributed by atoms with Crippen molar-refractivity contribution >= 4 is 49.8 Å². The van der Waals surface area contributed by atoms with Crippen LogP contribution in [0.15, 0.2) is 265 Å². The lowest BCUT2D eigenvalue weighted by atomic mass is 9.67. The van der Waals surface area contributed by atoms with Gasteiger partial charge in [0.1, 0.15) is 11.2 Å². The first-order valence-corrected chi connectivity index (χ1v) is 23.1. The Labute approximate surface area is 390 Å². The molecular formula is C65H43NO. The third-order valence-electron chi connectivity index (χ3n) is 14.0. The Balaban J connectivity index is 1.13. The van der Waals surface area contributed by atoms with Crippen molar-refractivity contribution in [3.63, 3.8) is 0 Å². The summed E-state index contributed by atoms with van der Waals surface area (Å²) in [7, 11) is 0. The molecule has 0 atom stereocenters. The number of rotatable bonds is 8. The smallest absolute Gasteiger partial charge is 0.136 e. The number of hydrogen-bond acceptors (Lipinski definition) is 2. The highest BCUT2D eigenvalue weighted by Crippen LogP contribution is 2.58. The van der Waals surface area contributed by atoms with Crippen LogP contribution >= 0.6 is 0 Å². The Morgan fingerprint density at radius 3 is 1.49 bits per heavy atom. The van der Waals surface area contributed by atoms with Crippen molar-refractivity contribution in [3.05, 3.63) is 283 Å². The number of furan rings is 1. The molecule has 0 N–H and O–H groups in total. The Hall–Kier alpha value is -8.72. The summed E-state index contributed by atoms with van der Waals surface area (Å²) in [5, 5.41) is 4.63. The number of fused-ring (bicyclic) bond motifs is 7. The van der Waals surface area contributed by atoms with E-state index in [-0.39, 0.29) is 0 Å². The van der Waals surface area contributed by atoms with Crippen LogP contribution in [-0.4, -0.2) is 0 Å². The number of anilines is 3. The van der Waals surface area contributed by atoms with Crippen molar-refractivity contribution in [1.82, 2.24) is 0 Å². The van der Waals surface area contributed by atoms with Gasteiger partial charge in [-0.3, -0.25) is 0 Å². The molecule has 0 spiro atoms. The monoisotopic (exact) mass is 853 g/mol. The standard InChI is InChI=1S/C65H43NO/c1-4-21-44(22-5-1)49-33-18-23-45-24-19-34-54(63(45)49)52-30-11-15-37-59(52)66(60-38-16-12-31-53(60)55-35-20-40-62-64(55)56-32-13-17-39-61(56)67-62)48-41-42-51-50-29-10-14-36-57(50)65(58(51)43-48,46-25-6-2-7-26-46)47-27-8-3-9-28-47/h1-43H. The molecule has 11 aromatic carbocycles. The maximum absolute atomic E-state index is 6.52. The molecule has 0 saturated heterocycles. The van der Waals surface area contributed by atoms with E-state index in [1.807, 2.05) is 6.07 Å². The zero-order valence-electron chi connectivity index (χ0n) is 36.7. The van der Waals surface area contributed by atoms with E-state index in [0.717, 1.165) is 55.7 Å². The number of hydrogen-bond donors (Lipinski definition) is 0. The maximum atomic E-state index is 6.52. The van der Waals surface area contributed by atoms with Gasteiger partial charge in [-0.1, -0.05) is 224 Å². The van der Waals surface area contributed by atoms with E-state index in [1.165, 1.54) is 60.8 Å². The van der Waals surface area contributed by atoms with Crippen LogP contribution in [-0.2, 0) is 5.41 Å². The first kappa shape index (κ1) is 38.7. The van der Waals surface area contributed by atoms with Gasteiger partial charge in [0.25, 0.3) is 0 Å². The second-order valence-corrected chi connectivity index (χ2v) is 17.5. The van der Waals surface area contributed by atoms with Crippen LogP contribution in [0.3, 0.4) is 0 Å². The summed E-state index contributed by atoms with van der Waals surface area (Å²) in [5.74, 6) is 0. The number of nitrogens with zero attached hydrogens (tertiary/aromatic N) is 1. The molecule has 2 heteroatoms. The van der Waals surface area contributed by atoms with Gasteiger partial charge in [0.15, 0.2) is 0 Å². The molecule has 0 aliphatic heterocycles.